The molecule has 4 aromatic rings. The van der Waals surface area contributed by atoms with Crippen molar-refractivity contribution in [3.8, 4) is 23.0 Å². The quantitative estimate of drug-likeness (QED) is 0.233. The maximum absolute atomic E-state index is 12.9. The summed E-state index contributed by atoms with van der Waals surface area (Å²) in [5, 5.41) is 13.4. The molecule has 1 amide bonds. The number of nitrogens with one attached hydrogen (secondary N) is 1. The molecule has 7 nitrogen and oxygen atoms in total. The third kappa shape index (κ3) is 5.41. The van der Waals surface area contributed by atoms with Gasteiger partial charge in [-0.15, -0.1) is 0 Å². The average Bonchev–Trinajstić information content (AvgIpc) is 2.86. The summed E-state index contributed by atoms with van der Waals surface area (Å²) in [6, 6.07) is 16.9. The fraction of sp³-hybridized carbons (Fsp3) is 0.172. The van der Waals surface area contributed by atoms with Gasteiger partial charge < -0.3 is 24.3 Å². The largest absolute Gasteiger partial charge is 0.508 e. The molecule has 0 saturated heterocycles. The van der Waals surface area contributed by atoms with Gasteiger partial charge in [0, 0.05) is 22.6 Å². The summed E-state index contributed by atoms with van der Waals surface area (Å²) in [5.41, 5.74) is 2.40. The second kappa shape index (κ2) is 10.4. The Kier molecular flexibility index (Phi) is 7.10. The first-order valence-corrected chi connectivity index (χ1v) is 11.4. The lowest BCUT2D eigenvalue weighted by atomic mass is 10.0. The van der Waals surface area contributed by atoms with E-state index in [1.807, 2.05) is 32.1 Å². The summed E-state index contributed by atoms with van der Waals surface area (Å²) in [7, 11) is 1.58. The van der Waals surface area contributed by atoms with E-state index in [1.54, 1.807) is 50.4 Å². The van der Waals surface area contributed by atoms with Gasteiger partial charge in [-0.25, -0.2) is 4.79 Å². The number of amides is 1. The van der Waals surface area contributed by atoms with Crippen molar-refractivity contribution >= 4 is 22.6 Å². The molecule has 0 aliphatic rings. The fourth-order valence-electron chi connectivity index (χ4n) is 3.69. The van der Waals surface area contributed by atoms with Crippen LogP contribution in [0.2, 0.25) is 0 Å². The SMILES string of the molecule is COc1cccc(Oc2ccc3cc(NC(=O)c4ccc(O)c(CC=C(C)C)c4)c(=O)oc3c2C)c1. The Morgan fingerprint density at radius 3 is 2.58 bits per heavy atom. The lowest BCUT2D eigenvalue weighted by Gasteiger charge is -2.12. The van der Waals surface area contributed by atoms with Crippen molar-refractivity contribution in [3.63, 3.8) is 0 Å². The van der Waals surface area contributed by atoms with E-state index in [4.69, 9.17) is 13.9 Å². The highest BCUT2D eigenvalue weighted by Crippen LogP contribution is 2.32. The molecule has 0 unspecified atom stereocenters. The number of fused-ring (bicyclic) bond motifs is 1. The van der Waals surface area contributed by atoms with E-state index in [9.17, 15) is 14.7 Å². The summed E-state index contributed by atoms with van der Waals surface area (Å²) < 4.78 is 16.8. The van der Waals surface area contributed by atoms with Crippen LogP contribution in [0.15, 0.2) is 81.5 Å². The summed E-state index contributed by atoms with van der Waals surface area (Å²) in [6.45, 7) is 5.72. The van der Waals surface area contributed by atoms with Crippen LogP contribution in [0, 0.1) is 6.92 Å². The molecule has 0 bridgehead atoms. The molecule has 2 N–H and O–H groups in total. The van der Waals surface area contributed by atoms with E-state index >= 15 is 0 Å². The molecule has 0 aliphatic heterocycles. The van der Waals surface area contributed by atoms with Gasteiger partial charge in [-0.05, 0) is 81.3 Å². The number of carbonyl (C=O) groups excluding carboxylic acids is 1. The first kappa shape index (κ1) is 24.6. The van der Waals surface area contributed by atoms with Crippen LogP contribution in [0.25, 0.3) is 11.0 Å². The number of benzene rings is 3. The number of aryl methyl sites for hydroxylation is 1. The minimum absolute atomic E-state index is 0.0206. The first-order chi connectivity index (χ1) is 17.2. The van der Waals surface area contributed by atoms with E-state index < -0.39 is 11.5 Å². The maximum Gasteiger partial charge on any atom is 0.360 e. The number of aromatic hydroxyl groups is 1. The lowest BCUT2D eigenvalue weighted by molar-refractivity contribution is 0.102. The molecule has 4 rings (SSSR count). The van der Waals surface area contributed by atoms with Gasteiger partial charge >= 0.3 is 5.63 Å². The molecular weight excluding hydrogens is 458 g/mol. The fourth-order valence-corrected chi connectivity index (χ4v) is 3.69. The number of phenolic OH excluding ortho intramolecular Hbond substituents is 1. The number of rotatable bonds is 7. The van der Waals surface area contributed by atoms with Crippen molar-refractivity contribution in [2.75, 3.05) is 12.4 Å². The van der Waals surface area contributed by atoms with Crippen molar-refractivity contribution in [1.29, 1.82) is 0 Å². The summed E-state index contributed by atoms with van der Waals surface area (Å²) >= 11 is 0. The van der Waals surface area contributed by atoms with Crippen LogP contribution in [0.4, 0.5) is 5.69 Å². The molecule has 0 atom stereocenters. The second-order valence-electron chi connectivity index (χ2n) is 8.62. The highest BCUT2D eigenvalue weighted by Gasteiger charge is 2.15. The second-order valence-corrected chi connectivity index (χ2v) is 8.62. The Morgan fingerprint density at radius 1 is 1.06 bits per heavy atom. The number of phenols is 1. The Hall–Kier alpha value is -4.52. The van der Waals surface area contributed by atoms with Crippen LogP contribution in [-0.4, -0.2) is 18.1 Å². The van der Waals surface area contributed by atoms with Gasteiger partial charge in [0.2, 0.25) is 0 Å². The lowest BCUT2D eigenvalue weighted by Crippen LogP contribution is -2.18. The minimum atomic E-state index is -0.680. The number of anilines is 1. The normalized spacial score (nSPS) is 10.7. The van der Waals surface area contributed by atoms with E-state index in [-0.39, 0.29) is 11.4 Å². The zero-order chi connectivity index (χ0) is 25.8. The molecule has 1 aromatic heterocycles. The van der Waals surface area contributed by atoms with Crippen molar-refractivity contribution in [2.45, 2.75) is 27.2 Å². The van der Waals surface area contributed by atoms with Crippen LogP contribution in [-0.2, 0) is 6.42 Å². The summed E-state index contributed by atoms with van der Waals surface area (Å²) in [5.74, 6) is 1.41. The predicted molar refractivity (Wildman–Crippen MR) is 139 cm³/mol. The van der Waals surface area contributed by atoms with Gasteiger partial charge in [0.05, 0.1) is 7.11 Å². The number of methoxy groups -OCH3 is 1. The Bertz CT molecular complexity index is 1530. The molecule has 184 valence electrons. The van der Waals surface area contributed by atoms with Crippen LogP contribution < -0.4 is 20.4 Å². The minimum Gasteiger partial charge on any atom is -0.508 e. The molecule has 0 aliphatic carbocycles. The van der Waals surface area contributed by atoms with Gasteiger partial charge in [0.1, 0.15) is 34.3 Å². The van der Waals surface area contributed by atoms with E-state index in [0.717, 1.165) is 5.57 Å². The van der Waals surface area contributed by atoms with Gasteiger partial charge in [0.25, 0.3) is 5.91 Å². The zero-order valence-corrected chi connectivity index (χ0v) is 20.5. The van der Waals surface area contributed by atoms with Crippen LogP contribution in [0.3, 0.4) is 0 Å². The molecule has 1 heterocycles. The smallest absolute Gasteiger partial charge is 0.360 e. The monoisotopic (exact) mass is 485 g/mol. The molecule has 3 aromatic carbocycles. The van der Waals surface area contributed by atoms with E-state index in [2.05, 4.69) is 5.32 Å². The number of hydrogen-bond acceptors (Lipinski definition) is 6. The Labute approximate surface area is 208 Å². The summed E-state index contributed by atoms with van der Waals surface area (Å²) in [6.07, 6.45) is 2.45. The average molecular weight is 486 g/mol. The van der Waals surface area contributed by atoms with Crippen LogP contribution in [0.5, 0.6) is 23.0 Å². The predicted octanol–water partition coefficient (Wildman–Crippen LogP) is 6.37. The van der Waals surface area contributed by atoms with E-state index in [0.29, 0.717) is 51.3 Å². The molecule has 0 fully saturated rings. The van der Waals surface area contributed by atoms with Gasteiger partial charge in [-0.2, -0.15) is 0 Å². The van der Waals surface area contributed by atoms with Crippen molar-refractivity contribution in [3.05, 3.63) is 99.4 Å². The number of hydrogen-bond donors (Lipinski definition) is 2. The molecule has 7 heteroatoms. The molecule has 0 radical (unpaired) electrons. The molecule has 36 heavy (non-hydrogen) atoms. The van der Waals surface area contributed by atoms with Gasteiger partial charge in [0.15, 0.2) is 0 Å². The van der Waals surface area contributed by atoms with Crippen LogP contribution in [0.1, 0.15) is 35.3 Å². The van der Waals surface area contributed by atoms with Crippen LogP contribution >= 0.6 is 0 Å². The number of carbonyl (C=O) groups is 1. The van der Waals surface area contributed by atoms with E-state index in [1.165, 1.54) is 12.1 Å². The highest BCUT2D eigenvalue weighted by atomic mass is 16.5. The Morgan fingerprint density at radius 2 is 1.83 bits per heavy atom. The molecule has 0 saturated carbocycles. The molecule has 0 spiro atoms. The maximum atomic E-state index is 12.9. The van der Waals surface area contributed by atoms with Crippen molar-refractivity contribution in [1.82, 2.24) is 0 Å². The van der Waals surface area contributed by atoms with Crippen molar-refractivity contribution in [2.24, 2.45) is 0 Å². The number of allylic oxidation sites excluding steroid dienone is 2. The van der Waals surface area contributed by atoms with Gasteiger partial charge in [-0.1, -0.05) is 17.7 Å². The standard InChI is InChI=1S/C29H27NO6/c1-17(2)8-9-19-14-21(10-12-25(19)31)28(32)30-24-15-20-11-13-26(18(3)27(20)36-29(24)33)35-23-7-5-6-22(16-23)34-4/h5-8,10-16,31H,9H2,1-4H3,(H,30,32). The molecular formula is C29H27NO6. The van der Waals surface area contributed by atoms with Gasteiger partial charge in [-0.3, -0.25) is 4.79 Å². The zero-order valence-electron chi connectivity index (χ0n) is 20.5. The Balaban J connectivity index is 1.60. The third-order valence-electron chi connectivity index (χ3n) is 5.69. The first-order valence-electron chi connectivity index (χ1n) is 11.4. The van der Waals surface area contributed by atoms with Crippen molar-refractivity contribution < 1.29 is 23.8 Å². The number of ether oxygens (including phenoxy) is 2. The highest BCUT2D eigenvalue weighted by molar-refractivity contribution is 6.05. The topological polar surface area (TPSA) is 98.0 Å². The third-order valence-corrected chi connectivity index (χ3v) is 5.69. The summed E-state index contributed by atoms with van der Waals surface area (Å²) in [4.78, 5) is 25.6.